The van der Waals surface area contributed by atoms with Gasteiger partial charge in [-0.2, -0.15) is 0 Å². The lowest BCUT2D eigenvalue weighted by molar-refractivity contribution is 0.194. The summed E-state index contributed by atoms with van der Waals surface area (Å²) in [5.74, 6) is 0. The van der Waals surface area contributed by atoms with Crippen LogP contribution in [0.5, 0.6) is 0 Å². The summed E-state index contributed by atoms with van der Waals surface area (Å²) in [6.45, 7) is 8.41. The zero-order valence-corrected chi connectivity index (χ0v) is 22.4. The fourth-order valence-electron chi connectivity index (χ4n) is 5.86. The second-order valence-electron chi connectivity index (χ2n) is 10.0. The predicted molar refractivity (Wildman–Crippen MR) is 147 cm³/mol. The molecule has 1 atom stereocenters. The third-order valence-corrected chi connectivity index (χ3v) is 7.75. The minimum Gasteiger partial charge on any atom is -0.385 e. The highest BCUT2D eigenvalue weighted by Crippen LogP contribution is 2.36. The van der Waals surface area contributed by atoms with Gasteiger partial charge in [-0.3, -0.25) is 9.88 Å². The van der Waals surface area contributed by atoms with E-state index in [0.717, 1.165) is 44.5 Å². The standard InChI is InChI=1S/C32H42N2O/c1-6-24-14-10-15-25(7-2)32(24)30-21-27(17-12-20-35-5)29(23(3)33-30)22-34(4)31-19-11-16-26-13-8-9-18-28(26)31/h8-10,13-15,18,21,31H,6-7,11-12,16-17,19-20,22H2,1-5H3/t31-/m0/s1. The SMILES string of the molecule is CCc1cccc(CC)c1-c1cc(CCCOC)c(CN(C)[C@H]2CCCc3ccccc32)c(C)n1. The van der Waals surface area contributed by atoms with Gasteiger partial charge in [0.05, 0.1) is 5.69 Å². The number of hydrogen-bond donors (Lipinski definition) is 0. The molecule has 35 heavy (non-hydrogen) atoms. The van der Waals surface area contributed by atoms with Crippen molar-refractivity contribution in [3.8, 4) is 11.3 Å². The molecule has 1 aliphatic carbocycles. The summed E-state index contributed by atoms with van der Waals surface area (Å²) in [5, 5.41) is 0. The first kappa shape index (κ1) is 25.6. The van der Waals surface area contributed by atoms with Gasteiger partial charge in [-0.15, -0.1) is 0 Å². The molecule has 0 bridgehead atoms. The fourth-order valence-corrected chi connectivity index (χ4v) is 5.86. The summed E-state index contributed by atoms with van der Waals surface area (Å²) in [5.41, 5.74) is 12.3. The third-order valence-electron chi connectivity index (χ3n) is 7.75. The summed E-state index contributed by atoms with van der Waals surface area (Å²) in [6.07, 6.45) is 7.78. The van der Waals surface area contributed by atoms with Crippen LogP contribution in [-0.4, -0.2) is 30.6 Å². The maximum Gasteiger partial charge on any atom is 0.0713 e. The van der Waals surface area contributed by atoms with E-state index in [1.54, 1.807) is 7.11 Å². The largest absolute Gasteiger partial charge is 0.385 e. The molecule has 0 N–H and O–H groups in total. The second kappa shape index (κ2) is 12.0. The van der Waals surface area contributed by atoms with Crippen LogP contribution in [0.4, 0.5) is 0 Å². The maximum atomic E-state index is 5.41. The number of nitrogens with zero attached hydrogens (tertiary/aromatic N) is 2. The summed E-state index contributed by atoms with van der Waals surface area (Å²) in [4.78, 5) is 7.79. The van der Waals surface area contributed by atoms with Crippen LogP contribution < -0.4 is 0 Å². The van der Waals surface area contributed by atoms with Gasteiger partial charge >= 0.3 is 0 Å². The monoisotopic (exact) mass is 470 g/mol. The molecule has 1 aliphatic rings. The molecule has 0 amide bonds. The average molecular weight is 471 g/mol. The van der Waals surface area contributed by atoms with Crippen molar-refractivity contribution in [3.63, 3.8) is 0 Å². The molecule has 4 rings (SSSR count). The Balaban J connectivity index is 1.71. The Bertz CT molecular complexity index is 1110. The highest BCUT2D eigenvalue weighted by Gasteiger charge is 2.25. The quantitative estimate of drug-likeness (QED) is 0.291. The Morgan fingerprint density at radius 2 is 1.74 bits per heavy atom. The van der Waals surface area contributed by atoms with Gasteiger partial charge in [0, 0.05) is 37.6 Å². The molecule has 0 unspecified atom stereocenters. The van der Waals surface area contributed by atoms with Crippen molar-refractivity contribution in [2.45, 2.75) is 78.3 Å². The number of aromatic nitrogens is 1. The number of fused-ring (bicyclic) bond motifs is 1. The molecule has 0 saturated carbocycles. The molecule has 1 aromatic heterocycles. The summed E-state index contributed by atoms with van der Waals surface area (Å²) in [7, 11) is 4.09. The molecular formula is C32H42N2O. The number of benzene rings is 2. The van der Waals surface area contributed by atoms with Crippen molar-refractivity contribution in [1.82, 2.24) is 9.88 Å². The van der Waals surface area contributed by atoms with Gasteiger partial charge in [0.15, 0.2) is 0 Å². The van der Waals surface area contributed by atoms with Crippen LogP contribution in [-0.2, 0) is 37.0 Å². The smallest absolute Gasteiger partial charge is 0.0713 e. The van der Waals surface area contributed by atoms with Gasteiger partial charge in [0.1, 0.15) is 0 Å². The van der Waals surface area contributed by atoms with E-state index >= 15 is 0 Å². The first-order valence-electron chi connectivity index (χ1n) is 13.4. The van der Waals surface area contributed by atoms with Crippen LogP contribution in [0.1, 0.15) is 78.2 Å². The Hall–Kier alpha value is -2.49. The second-order valence-corrected chi connectivity index (χ2v) is 10.0. The van der Waals surface area contributed by atoms with Gasteiger partial charge in [-0.25, -0.2) is 0 Å². The van der Waals surface area contributed by atoms with Crippen molar-refractivity contribution >= 4 is 0 Å². The van der Waals surface area contributed by atoms with Crippen LogP contribution in [0.25, 0.3) is 11.3 Å². The van der Waals surface area contributed by atoms with E-state index in [-0.39, 0.29) is 0 Å². The summed E-state index contributed by atoms with van der Waals surface area (Å²) >= 11 is 0. The Morgan fingerprint density at radius 3 is 2.46 bits per heavy atom. The van der Waals surface area contributed by atoms with Crippen molar-refractivity contribution in [2.75, 3.05) is 20.8 Å². The summed E-state index contributed by atoms with van der Waals surface area (Å²) < 4.78 is 5.41. The molecule has 3 aromatic rings. The lowest BCUT2D eigenvalue weighted by Crippen LogP contribution is -2.28. The number of aryl methyl sites for hydroxylation is 5. The molecule has 0 saturated heterocycles. The zero-order valence-electron chi connectivity index (χ0n) is 22.4. The minimum atomic E-state index is 0.471. The number of hydrogen-bond acceptors (Lipinski definition) is 3. The van der Waals surface area contributed by atoms with Crippen LogP contribution in [0.3, 0.4) is 0 Å². The normalized spacial score (nSPS) is 15.4. The zero-order chi connectivity index (χ0) is 24.8. The predicted octanol–water partition coefficient (Wildman–Crippen LogP) is 7.27. The Morgan fingerprint density at radius 1 is 1.00 bits per heavy atom. The lowest BCUT2D eigenvalue weighted by Gasteiger charge is -2.34. The third kappa shape index (κ3) is 5.68. The van der Waals surface area contributed by atoms with E-state index < -0.39 is 0 Å². The minimum absolute atomic E-state index is 0.471. The number of rotatable bonds is 10. The van der Waals surface area contributed by atoms with E-state index in [9.17, 15) is 0 Å². The molecule has 2 aromatic carbocycles. The van der Waals surface area contributed by atoms with Gasteiger partial charge in [-0.1, -0.05) is 56.3 Å². The molecule has 1 heterocycles. The van der Waals surface area contributed by atoms with E-state index in [4.69, 9.17) is 9.72 Å². The molecule has 0 aliphatic heterocycles. The number of methoxy groups -OCH3 is 1. The summed E-state index contributed by atoms with van der Waals surface area (Å²) in [6, 6.07) is 18.6. The molecule has 3 heteroatoms. The van der Waals surface area contributed by atoms with Crippen molar-refractivity contribution in [1.29, 1.82) is 0 Å². The van der Waals surface area contributed by atoms with Crippen molar-refractivity contribution < 1.29 is 4.74 Å². The Kier molecular flexibility index (Phi) is 8.75. The highest BCUT2D eigenvalue weighted by atomic mass is 16.5. The fraction of sp³-hybridized carbons (Fsp3) is 0.469. The topological polar surface area (TPSA) is 25.4 Å². The average Bonchev–Trinajstić information content (AvgIpc) is 2.89. The van der Waals surface area contributed by atoms with Gasteiger partial charge in [0.2, 0.25) is 0 Å². The number of pyridine rings is 1. The van der Waals surface area contributed by atoms with Gasteiger partial charge in [0.25, 0.3) is 0 Å². The molecule has 0 fully saturated rings. The van der Waals surface area contributed by atoms with E-state index in [1.807, 2.05) is 0 Å². The van der Waals surface area contributed by atoms with Crippen LogP contribution in [0.2, 0.25) is 0 Å². The van der Waals surface area contributed by atoms with Gasteiger partial charge < -0.3 is 4.74 Å². The maximum absolute atomic E-state index is 5.41. The van der Waals surface area contributed by atoms with Crippen molar-refractivity contribution in [2.24, 2.45) is 0 Å². The van der Waals surface area contributed by atoms with Crippen molar-refractivity contribution in [3.05, 3.63) is 87.6 Å². The molecule has 0 radical (unpaired) electrons. The molecular weight excluding hydrogens is 428 g/mol. The first-order chi connectivity index (χ1) is 17.1. The molecule has 186 valence electrons. The van der Waals surface area contributed by atoms with E-state index in [0.29, 0.717) is 6.04 Å². The van der Waals surface area contributed by atoms with Crippen LogP contribution >= 0.6 is 0 Å². The lowest BCUT2D eigenvalue weighted by atomic mass is 9.86. The number of ether oxygens (including phenoxy) is 1. The van der Waals surface area contributed by atoms with Crippen LogP contribution in [0.15, 0.2) is 48.5 Å². The van der Waals surface area contributed by atoms with E-state index in [1.165, 1.54) is 63.9 Å². The van der Waals surface area contributed by atoms with E-state index in [2.05, 4.69) is 81.2 Å². The van der Waals surface area contributed by atoms with Gasteiger partial charge in [-0.05, 0) is 98.4 Å². The Labute approximate surface area is 212 Å². The first-order valence-corrected chi connectivity index (χ1v) is 13.4. The molecule has 0 spiro atoms. The molecule has 3 nitrogen and oxygen atoms in total. The highest BCUT2D eigenvalue weighted by molar-refractivity contribution is 5.69. The van der Waals surface area contributed by atoms with Crippen LogP contribution in [0, 0.1) is 6.92 Å².